The lowest BCUT2D eigenvalue weighted by Crippen LogP contribution is -2.51. The summed E-state index contributed by atoms with van der Waals surface area (Å²) in [5.74, 6) is 0.264. The number of aryl methyl sites for hydroxylation is 1. The minimum atomic E-state index is -0.994. The van der Waals surface area contributed by atoms with Crippen LogP contribution in [-0.4, -0.2) is 58.7 Å². The van der Waals surface area contributed by atoms with E-state index >= 15 is 0 Å². The fourth-order valence-corrected chi connectivity index (χ4v) is 2.56. The highest BCUT2D eigenvalue weighted by Gasteiger charge is 2.26. The summed E-state index contributed by atoms with van der Waals surface area (Å²) in [6.45, 7) is 8.40. The Hall–Kier alpha value is -1.69. The second-order valence-electron chi connectivity index (χ2n) is 5.18. The average Bonchev–Trinajstić information content (AvgIpc) is 2.32. The standard InChI is InChI=1S/C13H20N4O2/c1-8-7-16(4)5-6-17(8)12-9(2)11(13(18)19)14-10(3)15-12/h8H,5-7H2,1-4H3,(H,18,19)/t8-/m0/s1. The van der Waals surface area contributed by atoms with E-state index in [4.69, 9.17) is 0 Å². The Bertz CT molecular complexity index is 504. The number of carbonyl (C=O) groups is 1. The molecule has 0 spiro atoms. The number of hydrogen-bond acceptors (Lipinski definition) is 5. The third-order valence-corrected chi connectivity index (χ3v) is 3.54. The van der Waals surface area contributed by atoms with Gasteiger partial charge in [-0.15, -0.1) is 0 Å². The third kappa shape index (κ3) is 2.68. The lowest BCUT2D eigenvalue weighted by Gasteiger charge is -2.39. The number of carboxylic acids is 1. The highest BCUT2D eigenvalue weighted by Crippen LogP contribution is 2.24. The fraction of sp³-hybridized carbons (Fsp3) is 0.615. The zero-order valence-corrected chi connectivity index (χ0v) is 11.8. The zero-order chi connectivity index (χ0) is 14.2. The molecule has 0 bridgehead atoms. The van der Waals surface area contributed by atoms with Crippen LogP contribution < -0.4 is 4.90 Å². The molecule has 1 aliphatic heterocycles. The molecule has 0 aromatic carbocycles. The first-order valence-corrected chi connectivity index (χ1v) is 6.44. The van der Waals surface area contributed by atoms with Crippen molar-refractivity contribution >= 4 is 11.8 Å². The van der Waals surface area contributed by atoms with Gasteiger partial charge in [-0.3, -0.25) is 0 Å². The number of aromatic carboxylic acids is 1. The Morgan fingerprint density at radius 3 is 2.58 bits per heavy atom. The van der Waals surface area contributed by atoms with Gasteiger partial charge in [-0.2, -0.15) is 0 Å². The summed E-state index contributed by atoms with van der Waals surface area (Å²) in [5, 5.41) is 9.20. The summed E-state index contributed by atoms with van der Waals surface area (Å²) >= 11 is 0. The number of nitrogens with zero attached hydrogens (tertiary/aromatic N) is 4. The number of likely N-dealkylation sites (N-methyl/N-ethyl adjacent to an activating group) is 1. The summed E-state index contributed by atoms with van der Waals surface area (Å²) in [4.78, 5) is 24.1. The number of carboxylic acid groups (broad SMARTS) is 1. The first-order valence-electron chi connectivity index (χ1n) is 6.44. The second kappa shape index (κ2) is 5.13. The minimum absolute atomic E-state index is 0.105. The van der Waals surface area contributed by atoms with Gasteiger partial charge >= 0.3 is 5.97 Å². The first kappa shape index (κ1) is 13.7. The van der Waals surface area contributed by atoms with E-state index in [1.165, 1.54) is 0 Å². The number of piperazine rings is 1. The Balaban J connectivity index is 2.42. The molecule has 104 valence electrons. The van der Waals surface area contributed by atoms with Gasteiger partial charge in [0.05, 0.1) is 0 Å². The quantitative estimate of drug-likeness (QED) is 0.857. The summed E-state index contributed by atoms with van der Waals surface area (Å²) in [5.41, 5.74) is 0.753. The molecule has 6 heteroatoms. The lowest BCUT2D eigenvalue weighted by atomic mass is 10.1. The van der Waals surface area contributed by atoms with Crippen LogP contribution in [0.5, 0.6) is 0 Å². The Morgan fingerprint density at radius 1 is 1.32 bits per heavy atom. The molecule has 1 atom stereocenters. The SMILES string of the molecule is Cc1nc(C(=O)O)c(C)c(N2CCN(C)C[C@@H]2C)n1. The van der Waals surface area contributed by atoms with Crippen molar-refractivity contribution in [1.82, 2.24) is 14.9 Å². The van der Waals surface area contributed by atoms with E-state index < -0.39 is 5.97 Å². The molecule has 1 aromatic heterocycles. The lowest BCUT2D eigenvalue weighted by molar-refractivity contribution is 0.0689. The molecule has 2 rings (SSSR count). The molecule has 0 radical (unpaired) electrons. The third-order valence-electron chi connectivity index (χ3n) is 3.54. The Morgan fingerprint density at radius 2 is 2.00 bits per heavy atom. The number of aromatic nitrogens is 2. The largest absolute Gasteiger partial charge is 0.476 e. The van der Waals surface area contributed by atoms with Crippen molar-refractivity contribution in [2.24, 2.45) is 0 Å². The van der Waals surface area contributed by atoms with Crippen molar-refractivity contribution in [3.05, 3.63) is 17.1 Å². The molecule has 1 aliphatic rings. The zero-order valence-electron chi connectivity index (χ0n) is 11.8. The average molecular weight is 264 g/mol. The van der Waals surface area contributed by atoms with Gasteiger partial charge in [-0.25, -0.2) is 14.8 Å². The van der Waals surface area contributed by atoms with Crippen molar-refractivity contribution in [2.75, 3.05) is 31.6 Å². The van der Waals surface area contributed by atoms with Gasteiger partial charge in [-0.1, -0.05) is 0 Å². The van der Waals surface area contributed by atoms with Crippen molar-refractivity contribution in [3.63, 3.8) is 0 Å². The van der Waals surface area contributed by atoms with E-state index in [9.17, 15) is 9.90 Å². The van der Waals surface area contributed by atoms with Crippen LogP contribution in [0, 0.1) is 13.8 Å². The van der Waals surface area contributed by atoms with Crippen LogP contribution >= 0.6 is 0 Å². The summed E-state index contributed by atoms with van der Waals surface area (Å²) in [7, 11) is 2.09. The van der Waals surface area contributed by atoms with E-state index in [-0.39, 0.29) is 5.69 Å². The smallest absolute Gasteiger partial charge is 0.354 e. The molecule has 0 saturated carbocycles. The fourth-order valence-electron chi connectivity index (χ4n) is 2.56. The summed E-state index contributed by atoms with van der Waals surface area (Å²) in [6, 6.07) is 0.313. The molecule has 2 heterocycles. The summed E-state index contributed by atoms with van der Waals surface area (Å²) < 4.78 is 0. The van der Waals surface area contributed by atoms with Crippen LogP contribution in [0.2, 0.25) is 0 Å². The van der Waals surface area contributed by atoms with Crippen LogP contribution in [-0.2, 0) is 0 Å². The predicted molar refractivity (Wildman–Crippen MR) is 72.8 cm³/mol. The maximum atomic E-state index is 11.2. The van der Waals surface area contributed by atoms with Crippen LogP contribution in [0.4, 0.5) is 5.82 Å². The van der Waals surface area contributed by atoms with Crippen LogP contribution in [0.15, 0.2) is 0 Å². The highest BCUT2D eigenvalue weighted by atomic mass is 16.4. The van der Waals surface area contributed by atoms with Gasteiger partial charge in [0.15, 0.2) is 5.69 Å². The maximum absolute atomic E-state index is 11.2. The van der Waals surface area contributed by atoms with Crippen LogP contribution in [0.1, 0.15) is 28.8 Å². The van der Waals surface area contributed by atoms with E-state index in [2.05, 4.69) is 33.7 Å². The van der Waals surface area contributed by atoms with Crippen molar-refractivity contribution in [3.8, 4) is 0 Å². The molecule has 6 nitrogen and oxygen atoms in total. The van der Waals surface area contributed by atoms with E-state index in [1.807, 2.05) is 0 Å². The molecule has 1 aromatic rings. The van der Waals surface area contributed by atoms with Crippen molar-refractivity contribution < 1.29 is 9.90 Å². The molecular formula is C13H20N4O2. The van der Waals surface area contributed by atoms with Crippen LogP contribution in [0.3, 0.4) is 0 Å². The normalized spacial score (nSPS) is 20.6. The number of hydrogen-bond donors (Lipinski definition) is 1. The highest BCUT2D eigenvalue weighted by molar-refractivity contribution is 5.88. The van der Waals surface area contributed by atoms with Crippen molar-refractivity contribution in [1.29, 1.82) is 0 Å². The summed E-state index contributed by atoms with van der Waals surface area (Å²) in [6.07, 6.45) is 0. The number of anilines is 1. The Labute approximate surface area is 113 Å². The van der Waals surface area contributed by atoms with Gasteiger partial charge in [0.1, 0.15) is 11.6 Å². The van der Waals surface area contributed by atoms with Gasteiger partial charge in [0.25, 0.3) is 0 Å². The van der Waals surface area contributed by atoms with Gasteiger partial charge in [-0.05, 0) is 27.8 Å². The van der Waals surface area contributed by atoms with E-state index in [0.717, 1.165) is 25.5 Å². The molecule has 1 fully saturated rings. The first-order chi connectivity index (χ1) is 8.90. The minimum Gasteiger partial charge on any atom is -0.476 e. The van der Waals surface area contributed by atoms with Gasteiger partial charge < -0.3 is 14.9 Å². The number of rotatable bonds is 2. The molecular weight excluding hydrogens is 244 g/mol. The molecule has 1 saturated heterocycles. The van der Waals surface area contributed by atoms with Gasteiger partial charge in [0, 0.05) is 31.2 Å². The topological polar surface area (TPSA) is 69.6 Å². The molecule has 1 N–H and O–H groups in total. The predicted octanol–water partition coefficient (Wildman–Crippen LogP) is 0.932. The molecule has 0 amide bonds. The van der Waals surface area contributed by atoms with Crippen molar-refractivity contribution in [2.45, 2.75) is 26.8 Å². The van der Waals surface area contributed by atoms with E-state index in [0.29, 0.717) is 17.4 Å². The maximum Gasteiger partial charge on any atom is 0.354 e. The monoisotopic (exact) mass is 264 g/mol. The Kier molecular flexibility index (Phi) is 3.71. The second-order valence-corrected chi connectivity index (χ2v) is 5.18. The molecule has 0 aliphatic carbocycles. The molecule has 0 unspecified atom stereocenters. The van der Waals surface area contributed by atoms with Crippen LogP contribution in [0.25, 0.3) is 0 Å². The van der Waals surface area contributed by atoms with Gasteiger partial charge in [0.2, 0.25) is 0 Å². The van der Waals surface area contributed by atoms with E-state index in [1.54, 1.807) is 13.8 Å². The molecule has 19 heavy (non-hydrogen) atoms.